The predicted molar refractivity (Wildman–Crippen MR) is 62.2 cm³/mol. The average molecular weight is 227 g/mol. The van der Waals surface area contributed by atoms with Crippen LogP contribution in [0.4, 0.5) is 0 Å². The van der Waals surface area contributed by atoms with Gasteiger partial charge in [-0.1, -0.05) is 12.1 Å². The van der Waals surface area contributed by atoms with E-state index in [2.05, 4.69) is 17.4 Å². The van der Waals surface area contributed by atoms with Crippen LogP contribution in [-0.2, 0) is 4.79 Å². The molecule has 0 atom stereocenters. The first-order chi connectivity index (χ1) is 7.63. The molecule has 0 aromatic heterocycles. The Morgan fingerprint density at radius 2 is 2.06 bits per heavy atom. The smallest absolute Gasteiger partial charge is 0.223 e. The molecule has 0 aromatic rings. The van der Waals surface area contributed by atoms with Gasteiger partial charge in [-0.3, -0.25) is 4.79 Å². The van der Waals surface area contributed by atoms with Crippen molar-refractivity contribution in [2.45, 2.75) is 39.0 Å². The van der Waals surface area contributed by atoms with Crippen molar-refractivity contribution < 1.29 is 10.0 Å². The summed E-state index contributed by atoms with van der Waals surface area (Å²) >= 11 is 0. The van der Waals surface area contributed by atoms with Crippen molar-refractivity contribution in [3.05, 3.63) is 0 Å². The minimum atomic E-state index is 0.109. The SMILES string of the molecule is CC1CCC(C(=O)NCCC(N)=NO)CC1. The number of carbonyl (C=O) groups excluding carboxylic acids is 1. The van der Waals surface area contributed by atoms with Crippen molar-refractivity contribution in [1.29, 1.82) is 0 Å². The van der Waals surface area contributed by atoms with Crippen molar-refractivity contribution >= 4 is 11.7 Å². The molecule has 1 aliphatic rings. The van der Waals surface area contributed by atoms with Crippen LogP contribution < -0.4 is 11.1 Å². The monoisotopic (exact) mass is 227 g/mol. The molecule has 0 saturated heterocycles. The Labute approximate surface area is 96.1 Å². The van der Waals surface area contributed by atoms with Gasteiger partial charge in [0.15, 0.2) is 0 Å². The Bertz CT molecular complexity index is 258. The molecule has 1 saturated carbocycles. The van der Waals surface area contributed by atoms with Crippen molar-refractivity contribution in [3.8, 4) is 0 Å². The molecule has 0 heterocycles. The quantitative estimate of drug-likeness (QED) is 0.290. The minimum Gasteiger partial charge on any atom is -0.409 e. The summed E-state index contributed by atoms with van der Waals surface area (Å²) in [6, 6.07) is 0. The van der Waals surface area contributed by atoms with E-state index in [1.165, 1.54) is 0 Å². The van der Waals surface area contributed by atoms with Crippen molar-refractivity contribution in [1.82, 2.24) is 5.32 Å². The first kappa shape index (κ1) is 12.8. The summed E-state index contributed by atoms with van der Waals surface area (Å²) in [6.07, 6.45) is 4.63. The first-order valence-corrected chi connectivity index (χ1v) is 5.87. The Morgan fingerprint density at radius 3 is 2.62 bits per heavy atom. The number of amides is 1. The molecule has 0 radical (unpaired) electrons. The average Bonchev–Trinajstić information content (AvgIpc) is 2.29. The highest BCUT2D eigenvalue weighted by Gasteiger charge is 2.23. The highest BCUT2D eigenvalue weighted by Crippen LogP contribution is 2.28. The van der Waals surface area contributed by atoms with Gasteiger partial charge in [0, 0.05) is 18.9 Å². The third-order valence-corrected chi connectivity index (χ3v) is 3.20. The van der Waals surface area contributed by atoms with Crippen LogP contribution in [0, 0.1) is 11.8 Å². The summed E-state index contributed by atoms with van der Waals surface area (Å²) in [4.78, 5) is 11.7. The largest absolute Gasteiger partial charge is 0.409 e. The van der Waals surface area contributed by atoms with E-state index < -0.39 is 0 Å². The molecule has 0 bridgehead atoms. The van der Waals surface area contributed by atoms with Gasteiger partial charge in [-0.05, 0) is 31.6 Å². The zero-order valence-corrected chi connectivity index (χ0v) is 9.78. The number of amidine groups is 1. The number of carbonyl (C=O) groups is 1. The molecule has 1 aliphatic carbocycles. The minimum absolute atomic E-state index is 0.109. The predicted octanol–water partition coefficient (Wildman–Crippen LogP) is 1.07. The van der Waals surface area contributed by atoms with E-state index in [0.717, 1.165) is 31.6 Å². The number of hydrogen-bond acceptors (Lipinski definition) is 3. The van der Waals surface area contributed by atoms with Crippen LogP contribution in [0.5, 0.6) is 0 Å². The number of nitrogens with two attached hydrogens (primary N) is 1. The maximum atomic E-state index is 11.7. The Hall–Kier alpha value is -1.26. The van der Waals surface area contributed by atoms with E-state index in [0.29, 0.717) is 13.0 Å². The van der Waals surface area contributed by atoms with Gasteiger partial charge in [0.2, 0.25) is 5.91 Å². The van der Waals surface area contributed by atoms with Crippen LogP contribution in [0.1, 0.15) is 39.0 Å². The van der Waals surface area contributed by atoms with Gasteiger partial charge in [0.25, 0.3) is 0 Å². The molecule has 1 amide bonds. The number of nitrogens with zero attached hydrogens (tertiary/aromatic N) is 1. The van der Waals surface area contributed by atoms with Crippen LogP contribution in [0.2, 0.25) is 0 Å². The van der Waals surface area contributed by atoms with Crippen LogP contribution in [0.25, 0.3) is 0 Å². The highest BCUT2D eigenvalue weighted by atomic mass is 16.4. The molecule has 0 unspecified atom stereocenters. The lowest BCUT2D eigenvalue weighted by Gasteiger charge is -2.25. The maximum absolute atomic E-state index is 11.7. The molecule has 0 aliphatic heterocycles. The van der Waals surface area contributed by atoms with Gasteiger partial charge in [0.05, 0.1) is 0 Å². The van der Waals surface area contributed by atoms with Crippen molar-refractivity contribution in [2.24, 2.45) is 22.7 Å². The second-order valence-corrected chi connectivity index (χ2v) is 4.59. The molecule has 92 valence electrons. The summed E-state index contributed by atoms with van der Waals surface area (Å²) in [5, 5.41) is 14.0. The van der Waals surface area contributed by atoms with Gasteiger partial charge >= 0.3 is 0 Å². The second kappa shape index (κ2) is 6.35. The topological polar surface area (TPSA) is 87.7 Å². The number of nitrogens with one attached hydrogen (secondary N) is 1. The summed E-state index contributed by atoms with van der Waals surface area (Å²) in [7, 11) is 0. The maximum Gasteiger partial charge on any atom is 0.223 e. The summed E-state index contributed by atoms with van der Waals surface area (Å²) < 4.78 is 0. The molecule has 0 spiro atoms. The number of oxime groups is 1. The second-order valence-electron chi connectivity index (χ2n) is 4.59. The molecule has 1 rings (SSSR count). The fourth-order valence-corrected chi connectivity index (χ4v) is 2.03. The summed E-state index contributed by atoms with van der Waals surface area (Å²) in [5.74, 6) is 1.17. The number of rotatable bonds is 4. The molecular weight excluding hydrogens is 206 g/mol. The lowest BCUT2D eigenvalue weighted by Crippen LogP contribution is -2.34. The van der Waals surface area contributed by atoms with E-state index in [4.69, 9.17) is 10.9 Å². The highest BCUT2D eigenvalue weighted by molar-refractivity contribution is 5.82. The standard InChI is InChI=1S/C11H21N3O2/c1-8-2-4-9(5-3-8)11(15)13-7-6-10(12)14-16/h8-9,16H,2-7H2,1H3,(H2,12,14)(H,13,15). The van der Waals surface area contributed by atoms with Gasteiger partial charge in [-0.2, -0.15) is 0 Å². The van der Waals surface area contributed by atoms with Crippen LogP contribution in [0.15, 0.2) is 5.16 Å². The van der Waals surface area contributed by atoms with Gasteiger partial charge in [-0.15, -0.1) is 0 Å². The molecule has 4 N–H and O–H groups in total. The van der Waals surface area contributed by atoms with E-state index >= 15 is 0 Å². The summed E-state index contributed by atoms with van der Waals surface area (Å²) in [5.41, 5.74) is 5.30. The fourth-order valence-electron chi connectivity index (χ4n) is 2.03. The van der Waals surface area contributed by atoms with Crippen LogP contribution in [-0.4, -0.2) is 23.5 Å². The molecule has 16 heavy (non-hydrogen) atoms. The zero-order valence-electron chi connectivity index (χ0n) is 9.78. The molecular formula is C11H21N3O2. The first-order valence-electron chi connectivity index (χ1n) is 5.87. The zero-order chi connectivity index (χ0) is 12.0. The van der Waals surface area contributed by atoms with Crippen molar-refractivity contribution in [2.75, 3.05) is 6.54 Å². The van der Waals surface area contributed by atoms with E-state index in [-0.39, 0.29) is 17.7 Å². The molecule has 0 aromatic carbocycles. The van der Waals surface area contributed by atoms with Gasteiger partial charge in [0.1, 0.15) is 5.84 Å². The van der Waals surface area contributed by atoms with Gasteiger partial charge < -0.3 is 16.3 Å². The van der Waals surface area contributed by atoms with Crippen molar-refractivity contribution in [3.63, 3.8) is 0 Å². The fraction of sp³-hybridized carbons (Fsp3) is 0.818. The van der Waals surface area contributed by atoms with Gasteiger partial charge in [-0.25, -0.2) is 0 Å². The van der Waals surface area contributed by atoms with Crippen LogP contribution >= 0.6 is 0 Å². The van der Waals surface area contributed by atoms with E-state index in [1.807, 2.05) is 0 Å². The Kier molecular flexibility index (Phi) is 5.08. The number of hydrogen-bond donors (Lipinski definition) is 3. The van der Waals surface area contributed by atoms with Crippen LogP contribution in [0.3, 0.4) is 0 Å². The molecule has 5 nitrogen and oxygen atoms in total. The third kappa shape index (κ3) is 4.08. The Balaban J connectivity index is 2.20. The molecule has 1 fully saturated rings. The van der Waals surface area contributed by atoms with E-state index in [1.54, 1.807) is 0 Å². The van der Waals surface area contributed by atoms with E-state index in [9.17, 15) is 4.79 Å². The molecule has 5 heteroatoms. The Morgan fingerprint density at radius 1 is 1.44 bits per heavy atom. The lowest BCUT2D eigenvalue weighted by atomic mass is 9.82. The lowest BCUT2D eigenvalue weighted by molar-refractivity contribution is -0.126. The third-order valence-electron chi connectivity index (χ3n) is 3.20. The normalized spacial score (nSPS) is 26.4. The summed E-state index contributed by atoms with van der Waals surface area (Å²) in [6.45, 7) is 2.67.